The van der Waals surface area contributed by atoms with Crippen LogP contribution in [0.1, 0.15) is 0 Å². The first-order valence-electron chi connectivity index (χ1n) is 4.03. The predicted octanol–water partition coefficient (Wildman–Crippen LogP) is 2.86. The summed E-state index contributed by atoms with van der Waals surface area (Å²) in [5.74, 6) is 0.331. The molecular weight excluding hydrogens is 182 g/mol. The van der Waals surface area contributed by atoms with Crippen molar-refractivity contribution in [3.05, 3.63) is 36.5 Å². The number of nitrogens with zero attached hydrogens (tertiary/aromatic N) is 1. The Morgan fingerprint density at radius 3 is 3.08 bits per heavy atom. The Kier molecular flexibility index (Phi) is 1.21. The summed E-state index contributed by atoms with van der Waals surface area (Å²) < 4.78 is 3.25. The van der Waals surface area contributed by atoms with E-state index in [2.05, 4.69) is 10.5 Å². The van der Waals surface area contributed by atoms with Crippen molar-refractivity contribution in [3.8, 4) is 5.75 Å². The van der Waals surface area contributed by atoms with E-state index in [4.69, 9.17) is 0 Å². The Bertz CT molecular complexity index is 579. The molecule has 0 unspecified atom stereocenters. The van der Waals surface area contributed by atoms with Crippen molar-refractivity contribution in [3.63, 3.8) is 0 Å². The molecule has 3 aromatic rings. The Morgan fingerprint density at radius 2 is 2.15 bits per heavy atom. The monoisotopic (exact) mass is 189 g/mol. The highest BCUT2D eigenvalue weighted by Crippen LogP contribution is 2.29. The largest absolute Gasteiger partial charge is 0.508 e. The van der Waals surface area contributed by atoms with Crippen LogP contribution in [0.3, 0.4) is 0 Å². The van der Waals surface area contributed by atoms with Gasteiger partial charge in [0.25, 0.3) is 0 Å². The average molecular weight is 189 g/mol. The van der Waals surface area contributed by atoms with E-state index < -0.39 is 0 Å². The molecule has 1 N–H and O–H groups in total. The molecule has 3 heteroatoms. The van der Waals surface area contributed by atoms with E-state index in [0.29, 0.717) is 5.75 Å². The lowest BCUT2D eigenvalue weighted by Crippen LogP contribution is -1.74. The lowest BCUT2D eigenvalue weighted by atomic mass is 10.3. The molecule has 0 amide bonds. The highest BCUT2D eigenvalue weighted by atomic mass is 32.1. The van der Waals surface area contributed by atoms with Gasteiger partial charge < -0.3 is 9.51 Å². The molecule has 0 saturated carbocycles. The van der Waals surface area contributed by atoms with Crippen molar-refractivity contribution < 1.29 is 5.11 Å². The van der Waals surface area contributed by atoms with Crippen molar-refractivity contribution >= 4 is 26.4 Å². The molecule has 3 rings (SSSR count). The zero-order valence-electron chi connectivity index (χ0n) is 6.77. The second kappa shape index (κ2) is 2.26. The summed E-state index contributed by atoms with van der Waals surface area (Å²) in [7, 11) is 0. The van der Waals surface area contributed by atoms with E-state index in [9.17, 15) is 5.11 Å². The molecule has 0 aliphatic carbocycles. The van der Waals surface area contributed by atoms with Crippen molar-refractivity contribution in [1.82, 2.24) is 4.40 Å². The molecule has 0 spiro atoms. The highest BCUT2D eigenvalue weighted by molar-refractivity contribution is 7.23. The van der Waals surface area contributed by atoms with Gasteiger partial charge in [0, 0.05) is 6.20 Å². The summed E-state index contributed by atoms with van der Waals surface area (Å²) in [4.78, 5) is 1.21. The maximum absolute atomic E-state index is 9.29. The van der Waals surface area contributed by atoms with Crippen molar-refractivity contribution in [2.75, 3.05) is 0 Å². The van der Waals surface area contributed by atoms with Gasteiger partial charge in [-0.3, -0.25) is 0 Å². The molecule has 0 atom stereocenters. The minimum atomic E-state index is 0.331. The number of phenols is 1. The van der Waals surface area contributed by atoms with Crippen LogP contribution in [-0.2, 0) is 0 Å². The minimum Gasteiger partial charge on any atom is -0.508 e. The number of hydrogen-bond donors (Lipinski definition) is 1. The summed E-state index contributed by atoms with van der Waals surface area (Å²) in [6, 6.07) is 9.55. The molecule has 0 fully saturated rings. The second-order valence-corrected chi connectivity index (χ2v) is 4.03. The zero-order chi connectivity index (χ0) is 8.84. The molecule has 0 bridgehead atoms. The SMILES string of the molecule is Oc1ccc2c(c1)sc1cccn12. The molecule has 2 heterocycles. The standard InChI is InChI=1S/C10H7NOS/c12-7-3-4-8-9(6-7)13-10-2-1-5-11(8)10/h1-6,12H. The van der Waals surface area contributed by atoms with Crippen LogP contribution in [0.15, 0.2) is 36.5 Å². The number of rotatable bonds is 0. The van der Waals surface area contributed by atoms with Crippen LogP contribution in [0.25, 0.3) is 15.0 Å². The van der Waals surface area contributed by atoms with E-state index in [1.807, 2.05) is 18.3 Å². The Balaban J connectivity index is 2.59. The number of phenolic OH excluding ortho intramolecular Hbond substituents is 1. The third kappa shape index (κ3) is 0.876. The van der Waals surface area contributed by atoms with Gasteiger partial charge >= 0.3 is 0 Å². The summed E-state index contributed by atoms with van der Waals surface area (Å²) in [5, 5.41) is 9.29. The van der Waals surface area contributed by atoms with Crippen LogP contribution in [0.4, 0.5) is 0 Å². The van der Waals surface area contributed by atoms with E-state index in [1.165, 1.54) is 4.83 Å². The number of fused-ring (bicyclic) bond motifs is 3. The Hall–Kier alpha value is -1.48. The second-order valence-electron chi connectivity index (χ2n) is 2.97. The summed E-state index contributed by atoms with van der Waals surface area (Å²) in [5.41, 5.74) is 1.16. The van der Waals surface area contributed by atoms with Crippen LogP contribution < -0.4 is 0 Å². The van der Waals surface area contributed by atoms with Gasteiger partial charge in [0.1, 0.15) is 10.6 Å². The normalized spacial score (nSPS) is 11.4. The van der Waals surface area contributed by atoms with Crippen LogP contribution in [0, 0.1) is 0 Å². The molecular formula is C10H7NOS. The molecule has 0 aliphatic heterocycles. The quantitative estimate of drug-likeness (QED) is 0.577. The lowest BCUT2D eigenvalue weighted by Gasteiger charge is -1.91. The fraction of sp³-hybridized carbons (Fsp3) is 0. The van der Waals surface area contributed by atoms with E-state index >= 15 is 0 Å². The average Bonchev–Trinajstić information content (AvgIpc) is 2.62. The van der Waals surface area contributed by atoms with Gasteiger partial charge in [0.05, 0.1) is 10.2 Å². The van der Waals surface area contributed by atoms with Crippen molar-refractivity contribution in [1.29, 1.82) is 0 Å². The molecule has 64 valence electrons. The van der Waals surface area contributed by atoms with Gasteiger partial charge in [-0.15, -0.1) is 11.3 Å². The van der Waals surface area contributed by atoms with Crippen molar-refractivity contribution in [2.45, 2.75) is 0 Å². The van der Waals surface area contributed by atoms with Gasteiger partial charge in [-0.2, -0.15) is 0 Å². The topological polar surface area (TPSA) is 24.6 Å². The molecule has 13 heavy (non-hydrogen) atoms. The van der Waals surface area contributed by atoms with Crippen LogP contribution in [0.2, 0.25) is 0 Å². The third-order valence-electron chi connectivity index (χ3n) is 2.13. The first-order valence-corrected chi connectivity index (χ1v) is 4.85. The van der Waals surface area contributed by atoms with Crippen LogP contribution in [0.5, 0.6) is 5.75 Å². The first-order chi connectivity index (χ1) is 6.34. The third-order valence-corrected chi connectivity index (χ3v) is 3.22. The predicted molar refractivity (Wildman–Crippen MR) is 54.4 cm³/mol. The minimum absolute atomic E-state index is 0.331. The molecule has 0 radical (unpaired) electrons. The fourth-order valence-electron chi connectivity index (χ4n) is 1.54. The van der Waals surface area contributed by atoms with E-state index in [1.54, 1.807) is 23.5 Å². The van der Waals surface area contributed by atoms with E-state index in [-0.39, 0.29) is 0 Å². The lowest BCUT2D eigenvalue weighted by molar-refractivity contribution is 0.476. The summed E-state index contributed by atoms with van der Waals surface area (Å²) in [6.45, 7) is 0. The Labute approximate surface area is 78.7 Å². The van der Waals surface area contributed by atoms with Crippen LogP contribution >= 0.6 is 11.3 Å². The maximum atomic E-state index is 9.29. The van der Waals surface area contributed by atoms with Gasteiger partial charge in [0.2, 0.25) is 0 Å². The van der Waals surface area contributed by atoms with Gasteiger partial charge in [0.15, 0.2) is 0 Å². The first kappa shape index (κ1) is 6.97. The number of benzene rings is 1. The summed E-state index contributed by atoms with van der Waals surface area (Å²) >= 11 is 1.69. The van der Waals surface area contributed by atoms with E-state index in [0.717, 1.165) is 10.2 Å². The van der Waals surface area contributed by atoms with Gasteiger partial charge in [-0.1, -0.05) is 0 Å². The molecule has 2 aromatic heterocycles. The zero-order valence-corrected chi connectivity index (χ0v) is 7.58. The highest BCUT2D eigenvalue weighted by Gasteiger charge is 2.03. The molecule has 2 nitrogen and oxygen atoms in total. The maximum Gasteiger partial charge on any atom is 0.117 e. The number of thiazole rings is 1. The van der Waals surface area contributed by atoms with Crippen molar-refractivity contribution in [2.24, 2.45) is 0 Å². The number of aromatic nitrogens is 1. The molecule has 0 saturated heterocycles. The molecule has 0 aliphatic rings. The molecule has 1 aromatic carbocycles. The fourth-order valence-corrected chi connectivity index (χ4v) is 2.62. The smallest absolute Gasteiger partial charge is 0.117 e. The van der Waals surface area contributed by atoms with Gasteiger partial charge in [-0.25, -0.2) is 0 Å². The summed E-state index contributed by atoms with van der Waals surface area (Å²) in [6.07, 6.45) is 2.03. The number of aromatic hydroxyl groups is 1. The van der Waals surface area contributed by atoms with Crippen LogP contribution in [-0.4, -0.2) is 9.51 Å². The number of hydrogen-bond acceptors (Lipinski definition) is 2. The van der Waals surface area contributed by atoms with Gasteiger partial charge in [-0.05, 0) is 30.3 Å². The Morgan fingerprint density at radius 1 is 1.23 bits per heavy atom.